The summed E-state index contributed by atoms with van der Waals surface area (Å²) in [7, 11) is -2.55. The van der Waals surface area contributed by atoms with E-state index in [1.807, 2.05) is 6.07 Å². The number of carboxylic acids is 1. The maximum absolute atomic E-state index is 15.3. The molecule has 1 aliphatic heterocycles. The quantitative estimate of drug-likeness (QED) is 0.147. The number of hydrogen-bond donors (Lipinski definition) is 4. The van der Waals surface area contributed by atoms with Crippen LogP contribution < -0.4 is 16.4 Å². The Morgan fingerprint density at radius 3 is 2.33 bits per heavy atom. The van der Waals surface area contributed by atoms with E-state index in [0.717, 1.165) is 10.8 Å². The lowest BCUT2D eigenvalue weighted by Crippen LogP contribution is -2.38. The summed E-state index contributed by atoms with van der Waals surface area (Å²) in [6, 6.07) is 15.9. The number of carboxylic acid groups (broad SMARTS) is 1. The Kier molecular flexibility index (Phi) is 11.7. The molecule has 1 fully saturated rings. The summed E-state index contributed by atoms with van der Waals surface area (Å²) in [5.41, 5.74) is 7.42. The first-order chi connectivity index (χ1) is 23.9. The number of nitrogens with two attached hydrogens (primary N) is 1. The molecule has 0 saturated carbocycles. The van der Waals surface area contributed by atoms with Gasteiger partial charge in [0.2, 0.25) is 5.91 Å². The number of rotatable bonds is 8. The van der Waals surface area contributed by atoms with E-state index >= 15 is 4.39 Å². The highest BCUT2D eigenvalue weighted by Gasteiger charge is 2.39. The fourth-order valence-electron chi connectivity index (χ4n) is 5.53. The third-order valence-corrected chi connectivity index (χ3v) is 10.3. The molecular weight excluding hydrogens is 698 g/mol. The van der Waals surface area contributed by atoms with E-state index in [1.54, 1.807) is 67.4 Å². The van der Waals surface area contributed by atoms with Crippen LogP contribution in [0.3, 0.4) is 0 Å². The summed E-state index contributed by atoms with van der Waals surface area (Å²) in [6.07, 6.45) is -3.15. The Labute approximate surface area is 290 Å². The molecule has 2 amide bonds. The number of halogens is 4. The fraction of sp³-hybridized carbons (Fsp3) is 0.294. The number of nitrogens with one attached hydrogen (secondary N) is 2. The molecule has 17 heteroatoms. The van der Waals surface area contributed by atoms with Crippen molar-refractivity contribution in [2.24, 2.45) is 0 Å². The molecular formula is C34H35F4N5O7S. The summed E-state index contributed by atoms with van der Waals surface area (Å²) in [5, 5.41) is 13.7. The lowest BCUT2D eigenvalue weighted by Gasteiger charge is -2.32. The number of anilines is 3. The van der Waals surface area contributed by atoms with Crippen LogP contribution in [0.25, 0.3) is 10.8 Å². The second-order valence-corrected chi connectivity index (χ2v) is 14.2. The number of sulfone groups is 1. The Morgan fingerprint density at radius 1 is 1.04 bits per heavy atom. The van der Waals surface area contributed by atoms with Gasteiger partial charge in [-0.1, -0.05) is 18.2 Å². The number of pyridine rings is 1. The Balaban J connectivity index is 0.000000755. The molecule has 0 unspecified atom stereocenters. The van der Waals surface area contributed by atoms with Gasteiger partial charge in [-0.25, -0.2) is 27.4 Å². The summed E-state index contributed by atoms with van der Waals surface area (Å²) >= 11 is 0. The molecule has 1 aliphatic rings. The van der Waals surface area contributed by atoms with Crippen LogP contribution in [0.15, 0.2) is 77.8 Å². The van der Waals surface area contributed by atoms with Crippen LogP contribution in [0.2, 0.25) is 0 Å². The van der Waals surface area contributed by atoms with E-state index in [2.05, 4.69) is 15.6 Å². The molecule has 0 aliphatic carbocycles. The molecule has 1 aromatic heterocycles. The number of hydrogen-bond acceptors (Lipinski definition) is 9. The topological polar surface area (TPSA) is 181 Å². The number of benzene rings is 3. The van der Waals surface area contributed by atoms with Crippen LogP contribution in [0.4, 0.5) is 39.5 Å². The zero-order valence-corrected chi connectivity index (χ0v) is 28.4. The lowest BCUT2D eigenvalue weighted by atomic mass is 10.0. The third-order valence-electron chi connectivity index (χ3n) is 8.08. The number of alkyl halides is 3. The zero-order valence-electron chi connectivity index (χ0n) is 27.6. The summed E-state index contributed by atoms with van der Waals surface area (Å²) < 4.78 is 78.6. The Morgan fingerprint density at radius 2 is 1.71 bits per heavy atom. The number of amides is 2. The van der Waals surface area contributed by atoms with Gasteiger partial charge in [0, 0.05) is 35.1 Å². The van der Waals surface area contributed by atoms with Gasteiger partial charge < -0.3 is 25.8 Å². The van der Waals surface area contributed by atoms with Crippen LogP contribution in [-0.2, 0) is 24.2 Å². The molecule has 3 aromatic carbocycles. The molecule has 2 atom stereocenters. The van der Waals surface area contributed by atoms with Gasteiger partial charge in [0.05, 0.1) is 23.3 Å². The number of ether oxygens (including phenoxy) is 1. The number of fused-ring (bicyclic) bond motifs is 1. The largest absolute Gasteiger partial charge is 0.490 e. The van der Waals surface area contributed by atoms with Crippen molar-refractivity contribution in [3.63, 3.8) is 0 Å². The second-order valence-electron chi connectivity index (χ2n) is 11.7. The van der Waals surface area contributed by atoms with Crippen molar-refractivity contribution in [3.05, 3.63) is 89.9 Å². The smallest absolute Gasteiger partial charge is 0.475 e. The molecule has 0 spiro atoms. The highest BCUT2D eigenvalue weighted by molar-refractivity contribution is 7.92. The Bertz CT molecular complexity index is 2040. The molecule has 1 saturated heterocycles. The molecule has 5 rings (SSSR count). The number of nitrogens with zero attached hydrogens (tertiary/aromatic N) is 2. The first-order valence-electron chi connectivity index (χ1n) is 15.4. The van der Waals surface area contributed by atoms with E-state index in [9.17, 15) is 31.2 Å². The van der Waals surface area contributed by atoms with Crippen LogP contribution in [0.1, 0.15) is 49.9 Å². The number of aromatic nitrogens is 1. The minimum Gasteiger partial charge on any atom is -0.475 e. The maximum atomic E-state index is 15.3. The molecule has 5 N–H and O–H groups in total. The van der Waals surface area contributed by atoms with E-state index in [0.29, 0.717) is 42.1 Å². The molecule has 0 radical (unpaired) electrons. The van der Waals surface area contributed by atoms with Gasteiger partial charge in [-0.05, 0) is 86.2 Å². The van der Waals surface area contributed by atoms with Gasteiger partial charge in [0.1, 0.15) is 17.7 Å². The fourth-order valence-corrected chi connectivity index (χ4v) is 6.82. The first kappa shape index (κ1) is 38.4. The minimum absolute atomic E-state index is 0.0729. The van der Waals surface area contributed by atoms with Crippen molar-refractivity contribution in [2.45, 2.75) is 55.1 Å². The predicted octanol–water partition coefficient (Wildman–Crippen LogP) is 6.47. The van der Waals surface area contributed by atoms with Crippen molar-refractivity contribution in [1.29, 1.82) is 0 Å². The van der Waals surface area contributed by atoms with Gasteiger partial charge >= 0.3 is 18.2 Å². The molecule has 12 nitrogen and oxygen atoms in total. The second kappa shape index (κ2) is 15.6. The standard InChI is InChI=1S/C32H34FN5O5S.C2HF3O2/c1-19(2)44(41,42)28-13-11-22(37-32(40)43-3)18-25(28)27-9-6-16-38(27)31(39)29(24-7-4-5-8-26(24)33)36-21-10-12-23-20(17-21)14-15-35-30(23)34;3-2(4,5)1(6)7/h4-5,7-8,10-15,17-19,27,29,36H,6,9,16H2,1-3H3,(H2,34,35)(H,37,40);(H,6,7)/t27-,29+;/m1./s1. The predicted molar refractivity (Wildman–Crippen MR) is 181 cm³/mol. The van der Waals surface area contributed by atoms with Crippen LogP contribution in [0.5, 0.6) is 0 Å². The first-order valence-corrected chi connectivity index (χ1v) is 17.0. The van der Waals surface area contributed by atoms with E-state index in [1.165, 1.54) is 25.3 Å². The average Bonchev–Trinajstić information content (AvgIpc) is 3.57. The van der Waals surface area contributed by atoms with Crippen LogP contribution in [-0.4, -0.2) is 66.5 Å². The van der Waals surface area contributed by atoms with E-state index < -0.39 is 57.1 Å². The van der Waals surface area contributed by atoms with Gasteiger partial charge in [-0.15, -0.1) is 0 Å². The number of aliphatic carboxylic acids is 1. The SMILES string of the molecule is COC(=O)Nc1ccc(S(=O)(=O)C(C)C)c([C@H]2CCCN2C(=O)[C@@H](Nc2ccc3c(N)nccc3c2)c2ccccc2F)c1.O=C(O)C(F)(F)F. The summed E-state index contributed by atoms with van der Waals surface area (Å²) in [5.74, 6) is -3.37. The van der Waals surface area contributed by atoms with E-state index in [-0.39, 0.29) is 10.5 Å². The van der Waals surface area contributed by atoms with Crippen LogP contribution >= 0.6 is 0 Å². The number of carbonyl (C=O) groups is 3. The van der Waals surface area contributed by atoms with Crippen molar-refractivity contribution < 1.29 is 50.2 Å². The molecule has 272 valence electrons. The molecule has 2 heterocycles. The number of carbonyl (C=O) groups excluding carboxylic acids is 2. The highest BCUT2D eigenvalue weighted by Crippen LogP contribution is 2.40. The number of likely N-dealkylation sites (tertiary alicyclic amines) is 1. The maximum Gasteiger partial charge on any atom is 0.490 e. The summed E-state index contributed by atoms with van der Waals surface area (Å²) in [6.45, 7) is 3.50. The molecule has 51 heavy (non-hydrogen) atoms. The minimum atomic E-state index is -5.08. The lowest BCUT2D eigenvalue weighted by molar-refractivity contribution is -0.192. The monoisotopic (exact) mass is 733 g/mol. The third kappa shape index (κ3) is 8.83. The summed E-state index contributed by atoms with van der Waals surface area (Å²) in [4.78, 5) is 41.1. The average molecular weight is 734 g/mol. The van der Waals surface area contributed by atoms with E-state index in [4.69, 9.17) is 20.4 Å². The number of nitrogen functional groups attached to an aromatic ring is 1. The van der Waals surface area contributed by atoms with Crippen LogP contribution in [0, 0.1) is 5.82 Å². The van der Waals surface area contributed by atoms with Crippen molar-refractivity contribution in [1.82, 2.24) is 9.88 Å². The van der Waals surface area contributed by atoms with Gasteiger partial charge in [0.25, 0.3) is 0 Å². The highest BCUT2D eigenvalue weighted by atomic mass is 32.2. The zero-order chi connectivity index (χ0) is 37.7. The van der Waals surface area contributed by atoms with Crippen molar-refractivity contribution >= 4 is 55.8 Å². The van der Waals surface area contributed by atoms with Gasteiger partial charge in [-0.2, -0.15) is 13.2 Å². The van der Waals surface area contributed by atoms with Crippen molar-refractivity contribution in [3.8, 4) is 0 Å². The molecule has 0 bridgehead atoms. The van der Waals surface area contributed by atoms with Crippen molar-refractivity contribution in [2.75, 3.05) is 30.0 Å². The molecule has 4 aromatic rings. The van der Waals surface area contributed by atoms with Gasteiger partial charge in [-0.3, -0.25) is 10.1 Å². The number of methoxy groups -OCH3 is 1. The Hall–Kier alpha value is -5.45. The normalized spacial score (nSPS) is 15.1. The van der Waals surface area contributed by atoms with Gasteiger partial charge in [0.15, 0.2) is 9.84 Å².